The van der Waals surface area contributed by atoms with Crippen molar-refractivity contribution in [3.63, 3.8) is 0 Å². The number of aryl methyl sites for hydroxylation is 1. The van der Waals surface area contributed by atoms with Crippen LogP contribution >= 0.6 is 0 Å². The SMILES string of the molecule is CNC(=O)N1CCc2c(-c3cc(OC)c(CN(C)CC(=O)O)c(OC)c3)cn(C)c(=O)c2C1. The summed E-state index contributed by atoms with van der Waals surface area (Å²) in [5.74, 6) is 0.202. The summed E-state index contributed by atoms with van der Waals surface area (Å²) in [7, 11) is 8.07. The van der Waals surface area contributed by atoms with Gasteiger partial charge >= 0.3 is 12.0 Å². The molecule has 1 aromatic heterocycles. The Bertz CT molecular complexity index is 1100. The number of benzene rings is 1. The second-order valence-corrected chi connectivity index (χ2v) is 8.07. The molecule has 0 radical (unpaired) electrons. The number of carboxylic acids is 1. The predicted molar refractivity (Wildman–Crippen MR) is 123 cm³/mol. The molecule has 1 aliphatic heterocycles. The van der Waals surface area contributed by atoms with E-state index in [1.165, 1.54) is 4.57 Å². The van der Waals surface area contributed by atoms with Crippen molar-refractivity contribution >= 4 is 12.0 Å². The number of carboxylic acid groups (broad SMARTS) is 1. The Balaban J connectivity index is 2.10. The number of hydrogen-bond acceptors (Lipinski definition) is 6. The molecule has 0 saturated carbocycles. The Morgan fingerprint density at radius 1 is 1.18 bits per heavy atom. The van der Waals surface area contributed by atoms with Gasteiger partial charge in [-0.3, -0.25) is 14.5 Å². The van der Waals surface area contributed by atoms with E-state index in [2.05, 4.69) is 5.32 Å². The molecular weight excluding hydrogens is 428 g/mol. The van der Waals surface area contributed by atoms with Gasteiger partial charge in [0.15, 0.2) is 0 Å². The van der Waals surface area contributed by atoms with Gasteiger partial charge in [0, 0.05) is 44.5 Å². The fourth-order valence-corrected chi connectivity index (χ4v) is 4.23. The fourth-order valence-electron chi connectivity index (χ4n) is 4.23. The molecule has 1 aliphatic rings. The summed E-state index contributed by atoms with van der Waals surface area (Å²) in [5, 5.41) is 11.7. The Labute approximate surface area is 192 Å². The summed E-state index contributed by atoms with van der Waals surface area (Å²) >= 11 is 0. The molecule has 3 rings (SSSR count). The molecule has 10 heteroatoms. The van der Waals surface area contributed by atoms with Crippen molar-refractivity contribution in [2.75, 3.05) is 41.4 Å². The van der Waals surface area contributed by atoms with Crippen molar-refractivity contribution in [3.8, 4) is 22.6 Å². The van der Waals surface area contributed by atoms with Gasteiger partial charge in [0.05, 0.1) is 32.9 Å². The van der Waals surface area contributed by atoms with Crippen LogP contribution in [0.1, 0.15) is 16.7 Å². The maximum atomic E-state index is 12.9. The molecule has 2 aromatic rings. The van der Waals surface area contributed by atoms with E-state index >= 15 is 0 Å². The van der Waals surface area contributed by atoms with Crippen LogP contribution in [0.2, 0.25) is 0 Å². The van der Waals surface area contributed by atoms with Crippen molar-refractivity contribution < 1.29 is 24.2 Å². The molecule has 0 spiro atoms. The van der Waals surface area contributed by atoms with Crippen LogP contribution in [0.4, 0.5) is 4.79 Å². The molecule has 0 saturated heterocycles. The second kappa shape index (κ2) is 9.95. The van der Waals surface area contributed by atoms with E-state index in [0.29, 0.717) is 36.6 Å². The monoisotopic (exact) mass is 458 g/mol. The molecule has 178 valence electrons. The number of nitrogens with one attached hydrogen (secondary N) is 1. The first kappa shape index (κ1) is 24.1. The van der Waals surface area contributed by atoms with Crippen LogP contribution in [0, 0.1) is 0 Å². The number of ether oxygens (including phenoxy) is 2. The smallest absolute Gasteiger partial charge is 0.317 e. The van der Waals surface area contributed by atoms with Crippen molar-refractivity contribution in [1.29, 1.82) is 0 Å². The third-order valence-corrected chi connectivity index (χ3v) is 5.82. The van der Waals surface area contributed by atoms with Gasteiger partial charge in [-0.1, -0.05) is 0 Å². The summed E-state index contributed by atoms with van der Waals surface area (Å²) in [6.45, 7) is 0.941. The van der Waals surface area contributed by atoms with E-state index in [1.54, 1.807) is 51.4 Å². The standard InChI is InChI=1S/C23H30N4O6/c1-24-23(31)27-7-6-15-16(11-26(3)22(30)17(15)12-27)14-8-19(32-4)18(20(9-14)33-5)10-25(2)13-21(28)29/h8-9,11H,6-7,10,12-13H2,1-5H3,(H,24,31)(H,28,29). The van der Waals surface area contributed by atoms with Gasteiger partial charge in [-0.2, -0.15) is 0 Å². The number of aromatic nitrogens is 1. The molecule has 33 heavy (non-hydrogen) atoms. The molecule has 0 aliphatic carbocycles. The third-order valence-electron chi connectivity index (χ3n) is 5.82. The van der Waals surface area contributed by atoms with Gasteiger partial charge in [-0.05, 0) is 36.7 Å². The lowest BCUT2D eigenvalue weighted by atomic mass is 9.91. The molecule has 2 N–H and O–H groups in total. The number of aliphatic carboxylic acids is 1. The Morgan fingerprint density at radius 3 is 2.36 bits per heavy atom. The number of fused-ring (bicyclic) bond motifs is 1. The number of pyridine rings is 1. The average molecular weight is 459 g/mol. The summed E-state index contributed by atoms with van der Waals surface area (Å²) in [5.41, 5.74) is 3.77. The van der Waals surface area contributed by atoms with Gasteiger partial charge in [0.25, 0.3) is 5.56 Å². The van der Waals surface area contributed by atoms with Crippen LogP contribution in [-0.2, 0) is 31.4 Å². The van der Waals surface area contributed by atoms with Crippen LogP contribution in [0.3, 0.4) is 0 Å². The van der Waals surface area contributed by atoms with Crippen LogP contribution in [0.5, 0.6) is 11.5 Å². The molecule has 0 bridgehead atoms. The Morgan fingerprint density at radius 2 is 1.82 bits per heavy atom. The van der Waals surface area contributed by atoms with E-state index in [-0.39, 0.29) is 24.7 Å². The largest absolute Gasteiger partial charge is 0.496 e. The topological polar surface area (TPSA) is 113 Å². The number of nitrogens with zero attached hydrogens (tertiary/aromatic N) is 3. The van der Waals surface area contributed by atoms with E-state index < -0.39 is 5.97 Å². The zero-order valence-corrected chi connectivity index (χ0v) is 19.6. The quantitative estimate of drug-likeness (QED) is 0.643. The number of amides is 2. The van der Waals surface area contributed by atoms with Gasteiger partial charge < -0.3 is 29.4 Å². The molecule has 10 nitrogen and oxygen atoms in total. The number of carbonyl (C=O) groups excluding carboxylic acids is 1. The fraction of sp³-hybridized carbons (Fsp3) is 0.435. The highest BCUT2D eigenvalue weighted by molar-refractivity contribution is 5.76. The molecule has 2 amide bonds. The lowest BCUT2D eigenvalue weighted by Crippen LogP contribution is -2.44. The Hall–Kier alpha value is -3.53. The highest BCUT2D eigenvalue weighted by atomic mass is 16.5. The number of urea groups is 1. The average Bonchev–Trinajstić information content (AvgIpc) is 2.80. The minimum Gasteiger partial charge on any atom is -0.496 e. The van der Waals surface area contributed by atoms with Crippen LogP contribution in [0.15, 0.2) is 23.1 Å². The molecule has 2 heterocycles. The van der Waals surface area contributed by atoms with Crippen LogP contribution in [0.25, 0.3) is 11.1 Å². The van der Waals surface area contributed by atoms with Gasteiger partial charge in [-0.15, -0.1) is 0 Å². The Kier molecular flexibility index (Phi) is 7.27. The minimum atomic E-state index is -0.922. The first-order chi connectivity index (χ1) is 15.7. The maximum absolute atomic E-state index is 12.9. The predicted octanol–water partition coefficient (Wildman–Crippen LogP) is 1.28. The second-order valence-electron chi connectivity index (χ2n) is 8.07. The van der Waals surface area contributed by atoms with E-state index in [1.807, 2.05) is 12.1 Å². The lowest BCUT2D eigenvalue weighted by Gasteiger charge is -2.30. The van der Waals surface area contributed by atoms with Crippen molar-refractivity contribution in [2.24, 2.45) is 7.05 Å². The molecule has 0 unspecified atom stereocenters. The summed E-state index contributed by atoms with van der Waals surface area (Å²) < 4.78 is 12.8. The summed E-state index contributed by atoms with van der Waals surface area (Å²) in [6.07, 6.45) is 2.34. The molecule has 0 fully saturated rings. The summed E-state index contributed by atoms with van der Waals surface area (Å²) in [6, 6.07) is 3.53. The van der Waals surface area contributed by atoms with Gasteiger partial charge in [-0.25, -0.2) is 4.79 Å². The zero-order chi connectivity index (χ0) is 24.3. The van der Waals surface area contributed by atoms with Gasteiger partial charge in [0.1, 0.15) is 11.5 Å². The number of rotatable bonds is 7. The minimum absolute atomic E-state index is 0.121. The number of hydrogen-bond donors (Lipinski definition) is 2. The summed E-state index contributed by atoms with van der Waals surface area (Å²) in [4.78, 5) is 39.3. The normalized spacial score (nSPS) is 13.0. The maximum Gasteiger partial charge on any atom is 0.317 e. The third kappa shape index (κ3) is 4.95. The number of carbonyl (C=O) groups is 2. The number of likely N-dealkylation sites (N-methyl/N-ethyl adjacent to an activating group) is 1. The van der Waals surface area contributed by atoms with Crippen LogP contribution in [-0.4, -0.2) is 72.9 Å². The van der Waals surface area contributed by atoms with Gasteiger partial charge in [0.2, 0.25) is 0 Å². The first-order valence-electron chi connectivity index (χ1n) is 10.5. The van der Waals surface area contributed by atoms with E-state index in [4.69, 9.17) is 14.6 Å². The molecule has 1 aromatic carbocycles. The first-order valence-corrected chi connectivity index (χ1v) is 10.5. The van der Waals surface area contributed by atoms with Crippen molar-refractivity contribution in [3.05, 3.63) is 45.4 Å². The highest BCUT2D eigenvalue weighted by Crippen LogP contribution is 2.38. The van der Waals surface area contributed by atoms with Crippen molar-refractivity contribution in [1.82, 2.24) is 19.7 Å². The van der Waals surface area contributed by atoms with E-state index in [0.717, 1.165) is 22.3 Å². The number of methoxy groups -OCH3 is 2. The lowest BCUT2D eigenvalue weighted by molar-refractivity contribution is -0.138. The van der Waals surface area contributed by atoms with E-state index in [9.17, 15) is 14.4 Å². The zero-order valence-electron chi connectivity index (χ0n) is 19.6. The molecule has 0 atom stereocenters. The molecular formula is C23H30N4O6. The van der Waals surface area contributed by atoms with Crippen LogP contribution < -0.4 is 20.3 Å². The van der Waals surface area contributed by atoms with Crippen molar-refractivity contribution in [2.45, 2.75) is 19.5 Å². The highest BCUT2D eigenvalue weighted by Gasteiger charge is 2.26.